The predicted molar refractivity (Wildman–Crippen MR) is 72.7 cm³/mol. The lowest BCUT2D eigenvalue weighted by atomic mass is 9.85. The number of ketones is 1. The number of Topliss-reactive ketones (excluding diaryl/α,β-unsaturated/α-hetero) is 1. The smallest absolute Gasteiger partial charge is 0.160 e. The first kappa shape index (κ1) is 11.8. The van der Waals surface area contributed by atoms with E-state index in [1.807, 2.05) is 18.2 Å². The Bertz CT molecular complexity index is 574. The number of fused-ring (bicyclic) bond motifs is 1. The Balaban J connectivity index is 2.75. The van der Waals surface area contributed by atoms with Crippen LogP contribution in [0.1, 0.15) is 43.6 Å². The maximum atomic E-state index is 11.6. The summed E-state index contributed by atoms with van der Waals surface area (Å²) in [7, 11) is 0. The summed E-state index contributed by atoms with van der Waals surface area (Å²) < 4.78 is 0. The lowest BCUT2D eigenvalue weighted by Crippen LogP contribution is -2.10. The minimum absolute atomic E-state index is 0.109. The molecule has 2 rings (SSSR count). The second kappa shape index (κ2) is 3.99. The average molecular weight is 226 g/mol. The van der Waals surface area contributed by atoms with Crippen LogP contribution in [0.2, 0.25) is 0 Å². The fraction of sp³-hybridized carbons (Fsp3) is 0.312. The molecule has 0 aliphatic carbocycles. The molecule has 0 aliphatic rings. The summed E-state index contributed by atoms with van der Waals surface area (Å²) >= 11 is 0. The van der Waals surface area contributed by atoms with Gasteiger partial charge >= 0.3 is 0 Å². The molecule has 0 heterocycles. The number of carbonyl (C=O) groups excluding carboxylic acids is 1. The molecule has 0 saturated carbocycles. The topological polar surface area (TPSA) is 17.1 Å². The quantitative estimate of drug-likeness (QED) is 0.661. The Morgan fingerprint density at radius 3 is 2.35 bits per heavy atom. The standard InChI is InChI=1S/C16H18O/c1-11(17)14-7-5-6-12-8-9-13(10-15(12)14)16(2,3)4/h5-10H,1-4H3. The van der Waals surface area contributed by atoms with Crippen LogP contribution in [0.25, 0.3) is 10.8 Å². The van der Waals surface area contributed by atoms with Crippen LogP contribution in [0.3, 0.4) is 0 Å². The van der Waals surface area contributed by atoms with Crippen molar-refractivity contribution in [1.29, 1.82) is 0 Å². The highest BCUT2D eigenvalue weighted by atomic mass is 16.1. The Labute approximate surface area is 102 Å². The minimum Gasteiger partial charge on any atom is -0.294 e. The van der Waals surface area contributed by atoms with E-state index in [2.05, 4.69) is 39.0 Å². The van der Waals surface area contributed by atoms with Crippen LogP contribution in [0.4, 0.5) is 0 Å². The van der Waals surface area contributed by atoms with E-state index in [0.29, 0.717) is 0 Å². The molecule has 0 amide bonds. The summed E-state index contributed by atoms with van der Waals surface area (Å²) in [5.41, 5.74) is 2.19. The minimum atomic E-state index is 0.109. The van der Waals surface area contributed by atoms with Gasteiger partial charge in [0.25, 0.3) is 0 Å². The maximum Gasteiger partial charge on any atom is 0.160 e. The molecule has 0 bridgehead atoms. The van der Waals surface area contributed by atoms with E-state index < -0.39 is 0 Å². The molecular weight excluding hydrogens is 208 g/mol. The average Bonchev–Trinajstić information content (AvgIpc) is 2.26. The summed E-state index contributed by atoms with van der Waals surface area (Å²) in [6.45, 7) is 8.18. The van der Waals surface area contributed by atoms with Crippen molar-refractivity contribution in [2.75, 3.05) is 0 Å². The van der Waals surface area contributed by atoms with E-state index >= 15 is 0 Å². The van der Waals surface area contributed by atoms with Crippen molar-refractivity contribution < 1.29 is 4.79 Å². The number of rotatable bonds is 1. The number of hydrogen-bond donors (Lipinski definition) is 0. The molecule has 0 saturated heterocycles. The van der Waals surface area contributed by atoms with E-state index in [-0.39, 0.29) is 11.2 Å². The summed E-state index contributed by atoms with van der Waals surface area (Å²) in [4.78, 5) is 11.6. The monoisotopic (exact) mass is 226 g/mol. The van der Waals surface area contributed by atoms with Crippen LogP contribution in [0.15, 0.2) is 36.4 Å². The zero-order valence-electron chi connectivity index (χ0n) is 10.9. The lowest BCUT2D eigenvalue weighted by Gasteiger charge is -2.20. The molecule has 0 unspecified atom stereocenters. The molecule has 0 aliphatic heterocycles. The van der Waals surface area contributed by atoms with E-state index in [9.17, 15) is 4.79 Å². The van der Waals surface area contributed by atoms with E-state index in [1.54, 1.807) is 6.92 Å². The van der Waals surface area contributed by atoms with Crippen molar-refractivity contribution in [2.45, 2.75) is 33.1 Å². The Kier molecular flexibility index (Phi) is 2.78. The van der Waals surface area contributed by atoms with Gasteiger partial charge in [0.05, 0.1) is 0 Å². The Morgan fingerprint density at radius 2 is 1.76 bits per heavy atom. The number of carbonyl (C=O) groups is 1. The van der Waals surface area contributed by atoms with Crippen LogP contribution in [0, 0.1) is 0 Å². The zero-order valence-corrected chi connectivity index (χ0v) is 10.9. The van der Waals surface area contributed by atoms with Gasteiger partial charge in [0.1, 0.15) is 0 Å². The fourth-order valence-corrected chi connectivity index (χ4v) is 2.05. The van der Waals surface area contributed by atoms with Crippen molar-refractivity contribution in [2.24, 2.45) is 0 Å². The van der Waals surface area contributed by atoms with Crippen LogP contribution in [-0.2, 0) is 5.41 Å². The highest BCUT2D eigenvalue weighted by Gasteiger charge is 2.15. The summed E-state index contributed by atoms with van der Waals surface area (Å²) in [6, 6.07) is 12.3. The third kappa shape index (κ3) is 2.23. The van der Waals surface area contributed by atoms with Crippen molar-refractivity contribution in [3.05, 3.63) is 47.5 Å². The largest absolute Gasteiger partial charge is 0.294 e. The van der Waals surface area contributed by atoms with E-state index in [4.69, 9.17) is 0 Å². The lowest BCUT2D eigenvalue weighted by molar-refractivity contribution is 0.101. The molecule has 0 radical (unpaired) electrons. The summed E-state index contributed by atoms with van der Waals surface area (Å²) in [6.07, 6.45) is 0. The summed E-state index contributed by atoms with van der Waals surface area (Å²) in [5.74, 6) is 0.127. The third-order valence-electron chi connectivity index (χ3n) is 3.13. The number of benzene rings is 2. The normalized spacial score (nSPS) is 11.8. The molecule has 0 aromatic heterocycles. The molecule has 0 atom stereocenters. The van der Waals surface area contributed by atoms with Crippen molar-refractivity contribution >= 4 is 16.6 Å². The first-order valence-electron chi connectivity index (χ1n) is 5.94. The van der Waals surface area contributed by atoms with Crippen LogP contribution < -0.4 is 0 Å². The predicted octanol–water partition coefficient (Wildman–Crippen LogP) is 4.34. The Morgan fingerprint density at radius 1 is 1.06 bits per heavy atom. The van der Waals surface area contributed by atoms with Gasteiger partial charge in [0.2, 0.25) is 0 Å². The van der Waals surface area contributed by atoms with Crippen molar-refractivity contribution in [1.82, 2.24) is 0 Å². The molecular formula is C16H18O. The highest BCUT2D eigenvalue weighted by Crippen LogP contribution is 2.28. The van der Waals surface area contributed by atoms with Gasteiger partial charge < -0.3 is 0 Å². The molecule has 2 aromatic rings. The van der Waals surface area contributed by atoms with Gasteiger partial charge in [-0.25, -0.2) is 0 Å². The molecule has 1 heteroatoms. The van der Waals surface area contributed by atoms with Gasteiger partial charge in [-0.1, -0.05) is 51.1 Å². The van der Waals surface area contributed by atoms with Crippen LogP contribution in [0.5, 0.6) is 0 Å². The molecule has 0 fully saturated rings. The van der Waals surface area contributed by atoms with Crippen molar-refractivity contribution in [3.8, 4) is 0 Å². The van der Waals surface area contributed by atoms with Crippen molar-refractivity contribution in [3.63, 3.8) is 0 Å². The molecule has 0 spiro atoms. The van der Waals surface area contributed by atoms with Gasteiger partial charge in [-0.15, -0.1) is 0 Å². The maximum absolute atomic E-state index is 11.6. The molecule has 0 N–H and O–H groups in total. The van der Waals surface area contributed by atoms with E-state index in [1.165, 1.54) is 5.56 Å². The second-order valence-corrected chi connectivity index (χ2v) is 5.55. The van der Waals surface area contributed by atoms with Gasteiger partial charge in [-0.2, -0.15) is 0 Å². The van der Waals surface area contributed by atoms with E-state index in [0.717, 1.165) is 16.3 Å². The number of hydrogen-bond acceptors (Lipinski definition) is 1. The van der Waals surface area contributed by atoms with Gasteiger partial charge in [0, 0.05) is 5.56 Å². The molecule has 2 aromatic carbocycles. The first-order chi connectivity index (χ1) is 7.89. The second-order valence-electron chi connectivity index (χ2n) is 5.55. The van der Waals surface area contributed by atoms with Gasteiger partial charge in [-0.3, -0.25) is 4.79 Å². The van der Waals surface area contributed by atoms with Crippen LogP contribution in [-0.4, -0.2) is 5.78 Å². The first-order valence-corrected chi connectivity index (χ1v) is 5.94. The zero-order chi connectivity index (χ0) is 12.6. The fourth-order valence-electron chi connectivity index (χ4n) is 2.05. The van der Waals surface area contributed by atoms with Gasteiger partial charge in [-0.05, 0) is 34.7 Å². The SMILES string of the molecule is CC(=O)c1cccc2ccc(C(C)(C)C)cc12. The Hall–Kier alpha value is -1.63. The molecule has 88 valence electrons. The third-order valence-corrected chi connectivity index (χ3v) is 3.13. The summed E-state index contributed by atoms with van der Waals surface area (Å²) in [5, 5.41) is 2.19. The molecule has 17 heavy (non-hydrogen) atoms. The molecule has 1 nitrogen and oxygen atoms in total. The van der Waals surface area contributed by atoms with Gasteiger partial charge in [0.15, 0.2) is 5.78 Å². The van der Waals surface area contributed by atoms with Crippen LogP contribution >= 0.6 is 0 Å². The highest BCUT2D eigenvalue weighted by molar-refractivity contribution is 6.07.